The zero-order valence-corrected chi connectivity index (χ0v) is 12.0. The Bertz CT molecular complexity index is 354. The van der Waals surface area contributed by atoms with Crippen LogP contribution in [0, 0.1) is 0 Å². The van der Waals surface area contributed by atoms with Crippen molar-refractivity contribution in [1.29, 1.82) is 0 Å². The van der Waals surface area contributed by atoms with E-state index >= 15 is 0 Å². The van der Waals surface area contributed by atoms with Crippen molar-refractivity contribution in [2.45, 2.75) is 6.92 Å². The van der Waals surface area contributed by atoms with Gasteiger partial charge in [-0.25, -0.2) is 9.59 Å². The van der Waals surface area contributed by atoms with E-state index in [1.165, 1.54) is 4.90 Å². The van der Waals surface area contributed by atoms with Crippen LogP contribution < -0.4 is 5.73 Å². The van der Waals surface area contributed by atoms with E-state index in [4.69, 9.17) is 15.2 Å². The third kappa shape index (κ3) is 6.03. The van der Waals surface area contributed by atoms with E-state index in [1.54, 1.807) is 6.92 Å². The molecule has 0 radical (unpaired) electrons. The third-order valence-electron chi connectivity index (χ3n) is 3.04. The fourth-order valence-corrected chi connectivity index (χ4v) is 1.79. The fraction of sp³-hybridized carbons (Fsp3) is 0.692. The second kappa shape index (κ2) is 8.55. The number of hydrogen-bond acceptors (Lipinski definition) is 5. The van der Waals surface area contributed by atoms with Gasteiger partial charge in [-0.2, -0.15) is 0 Å². The number of rotatable bonds is 7. The molecular weight excluding hydrogens is 262 g/mol. The summed E-state index contributed by atoms with van der Waals surface area (Å²) >= 11 is 0. The molecule has 1 aliphatic rings. The van der Waals surface area contributed by atoms with Crippen LogP contribution in [0.5, 0.6) is 0 Å². The molecule has 1 fully saturated rings. The fourth-order valence-electron chi connectivity index (χ4n) is 1.79. The first-order chi connectivity index (χ1) is 9.50. The molecule has 0 aliphatic carbocycles. The highest BCUT2D eigenvalue weighted by molar-refractivity contribution is 5.86. The van der Waals surface area contributed by atoms with Crippen LogP contribution in [0.3, 0.4) is 0 Å². The molecule has 114 valence electrons. The molecule has 2 amide bonds. The van der Waals surface area contributed by atoms with Gasteiger partial charge in [0.1, 0.15) is 6.61 Å². The minimum Gasteiger partial charge on any atom is -0.460 e. The first kappa shape index (κ1) is 16.5. The Kier molecular flexibility index (Phi) is 7.03. The Morgan fingerprint density at radius 1 is 1.35 bits per heavy atom. The summed E-state index contributed by atoms with van der Waals surface area (Å²) in [6, 6.07) is -0.510. The van der Waals surface area contributed by atoms with Crippen molar-refractivity contribution in [3.63, 3.8) is 0 Å². The van der Waals surface area contributed by atoms with Crippen molar-refractivity contribution in [2.24, 2.45) is 5.73 Å². The standard InChI is InChI=1S/C13H23N3O4/c1-11(2)12(17)20-10-7-16(13(14)18)4-3-15-5-8-19-9-6-15/h1,3-10H2,2H3,(H2,14,18). The zero-order chi connectivity index (χ0) is 15.0. The summed E-state index contributed by atoms with van der Waals surface area (Å²) in [4.78, 5) is 26.2. The molecular formula is C13H23N3O4. The Morgan fingerprint density at radius 2 is 2.00 bits per heavy atom. The first-order valence-electron chi connectivity index (χ1n) is 6.68. The quantitative estimate of drug-likeness (QED) is 0.518. The van der Waals surface area contributed by atoms with Crippen molar-refractivity contribution >= 4 is 12.0 Å². The second-order valence-corrected chi connectivity index (χ2v) is 4.70. The van der Waals surface area contributed by atoms with E-state index in [0.29, 0.717) is 31.9 Å². The maximum absolute atomic E-state index is 11.3. The molecule has 1 rings (SSSR count). The lowest BCUT2D eigenvalue weighted by molar-refractivity contribution is -0.139. The normalized spacial score (nSPS) is 15.7. The molecule has 7 nitrogen and oxygen atoms in total. The number of nitrogens with zero attached hydrogens (tertiary/aromatic N) is 2. The monoisotopic (exact) mass is 285 g/mol. The number of urea groups is 1. The van der Waals surface area contributed by atoms with Crippen LogP contribution in [0.2, 0.25) is 0 Å². The van der Waals surface area contributed by atoms with Crippen LogP contribution in [-0.2, 0) is 14.3 Å². The number of morpholine rings is 1. The van der Waals surface area contributed by atoms with Gasteiger partial charge in [-0.05, 0) is 6.92 Å². The summed E-state index contributed by atoms with van der Waals surface area (Å²) in [5.74, 6) is -0.456. The molecule has 20 heavy (non-hydrogen) atoms. The first-order valence-corrected chi connectivity index (χ1v) is 6.68. The Morgan fingerprint density at radius 3 is 2.55 bits per heavy atom. The predicted molar refractivity (Wildman–Crippen MR) is 74.2 cm³/mol. The third-order valence-corrected chi connectivity index (χ3v) is 3.04. The molecule has 0 aromatic rings. The van der Waals surface area contributed by atoms with Gasteiger partial charge in [0, 0.05) is 31.8 Å². The maximum Gasteiger partial charge on any atom is 0.333 e. The van der Waals surface area contributed by atoms with E-state index in [0.717, 1.165) is 19.6 Å². The van der Waals surface area contributed by atoms with Crippen LogP contribution in [0.4, 0.5) is 4.79 Å². The molecule has 1 aliphatic heterocycles. The smallest absolute Gasteiger partial charge is 0.333 e. The van der Waals surface area contributed by atoms with Gasteiger partial charge < -0.3 is 20.1 Å². The van der Waals surface area contributed by atoms with Crippen molar-refractivity contribution in [1.82, 2.24) is 9.80 Å². The minimum absolute atomic E-state index is 0.123. The van der Waals surface area contributed by atoms with Gasteiger partial charge in [-0.15, -0.1) is 0 Å². The zero-order valence-electron chi connectivity index (χ0n) is 12.0. The highest BCUT2D eigenvalue weighted by Crippen LogP contribution is 1.99. The lowest BCUT2D eigenvalue weighted by Crippen LogP contribution is -2.45. The molecule has 0 aromatic carbocycles. The van der Waals surface area contributed by atoms with Crippen LogP contribution in [0.1, 0.15) is 6.92 Å². The van der Waals surface area contributed by atoms with Crippen LogP contribution in [0.25, 0.3) is 0 Å². The lowest BCUT2D eigenvalue weighted by atomic mass is 10.3. The van der Waals surface area contributed by atoms with Crippen molar-refractivity contribution in [2.75, 3.05) is 52.5 Å². The molecule has 1 heterocycles. The number of primary amides is 1. The number of hydrogen-bond donors (Lipinski definition) is 1. The summed E-state index contributed by atoms with van der Waals surface area (Å²) in [5, 5.41) is 0. The molecule has 7 heteroatoms. The van der Waals surface area contributed by atoms with Gasteiger partial charge in [0.2, 0.25) is 0 Å². The van der Waals surface area contributed by atoms with Crippen molar-refractivity contribution in [3.8, 4) is 0 Å². The molecule has 1 saturated heterocycles. The Balaban J connectivity index is 2.27. The van der Waals surface area contributed by atoms with Gasteiger partial charge in [-0.1, -0.05) is 6.58 Å². The second-order valence-electron chi connectivity index (χ2n) is 4.70. The molecule has 0 atom stereocenters. The van der Waals surface area contributed by atoms with Crippen LogP contribution in [0.15, 0.2) is 12.2 Å². The number of ether oxygens (including phenoxy) is 2. The van der Waals surface area contributed by atoms with Crippen molar-refractivity contribution in [3.05, 3.63) is 12.2 Å². The summed E-state index contributed by atoms with van der Waals surface area (Å²) in [5.41, 5.74) is 5.65. The average molecular weight is 285 g/mol. The van der Waals surface area contributed by atoms with E-state index in [1.807, 2.05) is 0 Å². The Hall–Kier alpha value is -1.60. The molecule has 0 bridgehead atoms. The minimum atomic E-state index is -0.510. The van der Waals surface area contributed by atoms with Gasteiger partial charge in [0.15, 0.2) is 0 Å². The number of carbonyl (C=O) groups excluding carboxylic acids is 2. The van der Waals surface area contributed by atoms with Gasteiger partial charge >= 0.3 is 12.0 Å². The largest absolute Gasteiger partial charge is 0.460 e. The number of carbonyl (C=O) groups is 2. The summed E-state index contributed by atoms with van der Waals surface area (Å²) in [6.45, 7) is 9.87. The lowest BCUT2D eigenvalue weighted by Gasteiger charge is -2.29. The highest BCUT2D eigenvalue weighted by Gasteiger charge is 2.15. The maximum atomic E-state index is 11.3. The van der Waals surface area contributed by atoms with Crippen molar-refractivity contribution < 1.29 is 19.1 Å². The summed E-state index contributed by atoms with van der Waals surface area (Å²) in [6.07, 6.45) is 0. The van der Waals surface area contributed by atoms with E-state index in [-0.39, 0.29) is 6.61 Å². The topological polar surface area (TPSA) is 85.1 Å². The number of nitrogens with two attached hydrogens (primary N) is 1. The predicted octanol–water partition coefficient (Wildman–Crippen LogP) is -0.181. The van der Waals surface area contributed by atoms with Crippen LogP contribution in [-0.4, -0.2) is 74.3 Å². The molecule has 0 spiro atoms. The summed E-state index contributed by atoms with van der Waals surface area (Å²) in [7, 11) is 0. The van der Waals surface area contributed by atoms with Gasteiger partial charge in [-0.3, -0.25) is 4.90 Å². The Labute approximate surface area is 119 Å². The highest BCUT2D eigenvalue weighted by atomic mass is 16.5. The number of esters is 1. The number of amides is 2. The SMILES string of the molecule is C=C(C)C(=O)OCCN(CCN1CCOCC1)C(N)=O. The molecule has 2 N–H and O–H groups in total. The molecule has 0 aromatic heterocycles. The molecule has 0 unspecified atom stereocenters. The van der Waals surface area contributed by atoms with Crippen LogP contribution >= 0.6 is 0 Å². The summed E-state index contributed by atoms with van der Waals surface area (Å²) < 4.78 is 10.2. The van der Waals surface area contributed by atoms with E-state index < -0.39 is 12.0 Å². The van der Waals surface area contributed by atoms with E-state index in [9.17, 15) is 9.59 Å². The average Bonchev–Trinajstić information content (AvgIpc) is 2.42. The van der Waals surface area contributed by atoms with Gasteiger partial charge in [0.25, 0.3) is 0 Å². The van der Waals surface area contributed by atoms with Gasteiger partial charge in [0.05, 0.1) is 19.8 Å². The van der Waals surface area contributed by atoms with E-state index in [2.05, 4.69) is 11.5 Å². The molecule has 0 saturated carbocycles.